The first-order chi connectivity index (χ1) is 16.1. The monoisotopic (exact) mass is 499 g/mol. The van der Waals surface area contributed by atoms with E-state index in [0.29, 0.717) is 16.8 Å². The van der Waals surface area contributed by atoms with Crippen LogP contribution in [0.1, 0.15) is 15.9 Å². The van der Waals surface area contributed by atoms with Gasteiger partial charge in [0.15, 0.2) is 5.78 Å². The van der Waals surface area contributed by atoms with E-state index < -0.39 is 0 Å². The maximum absolute atomic E-state index is 13.2. The summed E-state index contributed by atoms with van der Waals surface area (Å²) in [6, 6.07) is 32.1. The number of amides is 1. The van der Waals surface area contributed by atoms with Crippen LogP contribution in [0, 0.1) is 0 Å². The van der Waals surface area contributed by atoms with E-state index in [9.17, 15) is 9.59 Å². The Labute approximate surface area is 201 Å². The Morgan fingerprint density at radius 2 is 1.42 bits per heavy atom. The molecule has 1 amide bonds. The van der Waals surface area contributed by atoms with Gasteiger partial charge in [0.05, 0.1) is 11.0 Å². The van der Waals surface area contributed by atoms with Gasteiger partial charge in [0, 0.05) is 18.2 Å². The third kappa shape index (κ3) is 5.21. The van der Waals surface area contributed by atoms with Gasteiger partial charge in [-0.1, -0.05) is 82.7 Å². The van der Waals surface area contributed by atoms with E-state index in [4.69, 9.17) is 4.74 Å². The fraction of sp³-hybridized carbons (Fsp3) is 0.0714. The zero-order valence-corrected chi connectivity index (χ0v) is 19.7. The molecule has 0 aliphatic heterocycles. The van der Waals surface area contributed by atoms with Gasteiger partial charge in [-0.05, 0) is 47.5 Å². The van der Waals surface area contributed by atoms with Gasteiger partial charge in [-0.15, -0.1) is 0 Å². The van der Waals surface area contributed by atoms with E-state index in [1.165, 1.54) is 4.90 Å². The van der Waals surface area contributed by atoms with Gasteiger partial charge < -0.3 is 9.64 Å². The van der Waals surface area contributed by atoms with E-state index in [-0.39, 0.29) is 17.0 Å². The van der Waals surface area contributed by atoms with E-state index in [2.05, 4.69) is 15.9 Å². The number of benzene rings is 4. The second-order valence-corrected chi connectivity index (χ2v) is 8.01. The van der Waals surface area contributed by atoms with Gasteiger partial charge in [0.2, 0.25) is 5.91 Å². The van der Waals surface area contributed by atoms with Gasteiger partial charge in [0.1, 0.15) is 11.5 Å². The Kier molecular flexibility index (Phi) is 7.01. The van der Waals surface area contributed by atoms with Crippen molar-refractivity contribution in [3.8, 4) is 22.6 Å². The minimum absolute atomic E-state index is 0.122. The Balaban J connectivity index is 1.57. The maximum Gasteiger partial charge on any atom is 0.237 e. The zero-order chi connectivity index (χ0) is 23.2. The number of carbonyl (C=O) groups is 2. The number of hydrogen-bond acceptors (Lipinski definition) is 3. The molecule has 4 nitrogen and oxygen atoms in total. The fourth-order valence-electron chi connectivity index (χ4n) is 3.52. The maximum atomic E-state index is 13.2. The molecule has 0 N–H and O–H groups in total. The van der Waals surface area contributed by atoms with Crippen LogP contribution in [0.25, 0.3) is 11.1 Å². The van der Waals surface area contributed by atoms with Gasteiger partial charge >= 0.3 is 0 Å². The van der Waals surface area contributed by atoms with Crippen LogP contribution in [0.3, 0.4) is 0 Å². The van der Waals surface area contributed by atoms with Crippen molar-refractivity contribution in [2.75, 3.05) is 17.3 Å². The average molecular weight is 500 g/mol. The number of para-hydroxylation sites is 2. The van der Waals surface area contributed by atoms with Crippen LogP contribution in [0.2, 0.25) is 0 Å². The molecule has 0 aliphatic carbocycles. The summed E-state index contributed by atoms with van der Waals surface area (Å²) in [7, 11) is 1.67. The molecule has 164 valence electrons. The lowest BCUT2D eigenvalue weighted by Gasteiger charge is -2.19. The molecule has 0 aromatic heterocycles. The molecule has 4 aromatic carbocycles. The molecule has 5 heteroatoms. The van der Waals surface area contributed by atoms with Crippen molar-refractivity contribution >= 4 is 33.3 Å². The van der Waals surface area contributed by atoms with Crippen molar-refractivity contribution in [3.05, 3.63) is 114 Å². The lowest BCUT2D eigenvalue weighted by molar-refractivity contribution is -0.115. The SMILES string of the molecule is CN(C(=O)CBr)c1ccccc1C(=O)c1ccc(-c2cccc(Oc3ccccc3)c2)cc1. The molecule has 0 bridgehead atoms. The summed E-state index contributed by atoms with van der Waals surface area (Å²) >= 11 is 3.19. The first kappa shape index (κ1) is 22.5. The molecular weight excluding hydrogens is 478 g/mol. The Morgan fingerprint density at radius 1 is 0.758 bits per heavy atom. The second kappa shape index (κ2) is 10.3. The molecule has 0 heterocycles. The number of rotatable bonds is 7. The molecule has 4 rings (SSSR count). The Morgan fingerprint density at radius 3 is 2.15 bits per heavy atom. The lowest BCUT2D eigenvalue weighted by atomic mass is 9.98. The fourth-order valence-corrected chi connectivity index (χ4v) is 3.89. The van der Waals surface area contributed by atoms with E-state index in [1.54, 1.807) is 25.2 Å². The minimum Gasteiger partial charge on any atom is -0.457 e. The Bertz CT molecular complexity index is 1270. The zero-order valence-electron chi connectivity index (χ0n) is 18.1. The van der Waals surface area contributed by atoms with Crippen LogP contribution in [0.5, 0.6) is 11.5 Å². The van der Waals surface area contributed by atoms with Crippen molar-refractivity contribution in [1.82, 2.24) is 0 Å². The summed E-state index contributed by atoms with van der Waals surface area (Å²) in [6.45, 7) is 0. The van der Waals surface area contributed by atoms with Crippen LogP contribution in [-0.2, 0) is 4.79 Å². The number of hydrogen-bond donors (Lipinski definition) is 0. The van der Waals surface area contributed by atoms with Crippen LogP contribution >= 0.6 is 15.9 Å². The molecule has 0 spiro atoms. The summed E-state index contributed by atoms with van der Waals surface area (Å²) in [4.78, 5) is 26.8. The molecule has 0 saturated carbocycles. The molecule has 0 unspecified atom stereocenters. The normalized spacial score (nSPS) is 10.5. The third-order valence-corrected chi connectivity index (χ3v) is 5.77. The first-order valence-electron chi connectivity index (χ1n) is 10.5. The predicted molar refractivity (Wildman–Crippen MR) is 135 cm³/mol. The quantitative estimate of drug-likeness (QED) is 0.209. The van der Waals surface area contributed by atoms with E-state index >= 15 is 0 Å². The second-order valence-electron chi connectivity index (χ2n) is 7.45. The van der Waals surface area contributed by atoms with Gasteiger partial charge in [0.25, 0.3) is 0 Å². The topological polar surface area (TPSA) is 46.6 Å². The van der Waals surface area contributed by atoms with Gasteiger partial charge in [-0.3, -0.25) is 9.59 Å². The average Bonchev–Trinajstić information content (AvgIpc) is 2.88. The summed E-state index contributed by atoms with van der Waals surface area (Å²) in [5.41, 5.74) is 3.60. The Hall–Kier alpha value is -3.70. The standard InChI is InChI=1S/C28H22BrNO3/c1-30(27(31)19-29)26-13-6-5-12-25(26)28(32)21-16-14-20(15-17-21)22-8-7-11-24(18-22)33-23-9-3-2-4-10-23/h2-18H,19H2,1H3. The van der Waals surface area contributed by atoms with Gasteiger partial charge in [-0.2, -0.15) is 0 Å². The van der Waals surface area contributed by atoms with Gasteiger partial charge in [-0.25, -0.2) is 0 Å². The molecule has 4 aromatic rings. The highest BCUT2D eigenvalue weighted by atomic mass is 79.9. The third-order valence-electron chi connectivity index (χ3n) is 5.29. The molecule has 33 heavy (non-hydrogen) atoms. The smallest absolute Gasteiger partial charge is 0.237 e. The molecule has 0 fully saturated rings. The van der Waals surface area contributed by atoms with Crippen molar-refractivity contribution in [2.45, 2.75) is 0 Å². The van der Waals surface area contributed by atoms with Crippen molar-refractivity contribution in [3.63, 3.8) is 0 Å². The number of anilines is 1. The summed E-state index contributed by atoms with van der Waals surface area (Å²) in [5.74, 6) is 1.26. The van der Waals surface area contributed by atoms with Crippen LogP contribution in [0.4, 0.5) is 5.69 Å². The molecular formula is C28H22BrNO3. The van der Waals surface area contributed by atoms with Crippen LogP contribution in [0.15, 0.2) is 103 Å². The number of carbonyl (C=O) groups excluding carboxylic acids is 2. The van der Waals surface area contributed by atoms with Crippen LogP contribution < -0.4 is 9.64 Å². The predicted octanol–water partition coefficient (Wildman–Crippen LogP) is 6.73. The summed E-state index contributed by atoms with van der Waals surface area (Å²) < 4.78 is 5.93. The minimum atomic E-state index is -0.132. The highest BCUT2D eigenvalue weighted by molar-refractivity contribution is 9.09. The molecule has 0 atom stereocenters. The number of ether oxygens (including phenoxy) is 1. The van der Waals surface area contributed by atoms with E-state index in [0.717, 1.165) is 22.6 Å². The number of ketones is 1. The summed E-state index contributed by atoms with van der Waals surface area (Å²) in [6.07, 6.45) is 0. The van der Waals surface area contributed by atoms with Crippen molar-refractivity contribution in [2.24, 2.45) is 0 Å². The number of halogens is 1. The molecule has 0 saturated heterocycles. The number of nitrogens with zero attached hydrogens (tertiary/aromatic N) is 1. The molecule has 0 aliphatic rings. The lowest BCUT2D eigenvalue weighted by Crippen LogP contribution is -2.28. The largest absolute Gasteiger partial charge is 0.457 e. The first-order valence-corrected chi connectivity index (χ1v) is 11.6. The van der Waals surface area contributed by atoms with Crippen molar-refractivity contribution < 1.29 is 14.3 Å². The summed E-state index contributed by atoms with van der Waals surface area (Å²) in [5, 5.41) is 0.188. The highest BCUT2D eigenvalue weighted by Crippen LogP contribution is 2.29. The van der Waals surface area contributed by atoms with Crippen molar-refractivity contribution in [1.29, 1.82) is 0 Å². The van der Waals surface area contributed by atoms with Crippen LogP contribution in [-0.4, -0.2) is 24.1 Å². The number of alkyl halides is 1. The highest BCUT2D eigenvalue weighted by Gasteiger charge is 2.19. The molecule has 0 radical (unpaired) electrons. The van der Waals surface area contributed by atoms with E-state index in [1.807, 2.05) is 84.9 Å².